The predicted octanol–water partition coefficient (Wildman–Crippen LogP) is 5.51. The molecule has 0 aliphatic rings. The number of fused-ring (bicyclic) bond motifs is 1. The normalized spacial score (nSPS) is 11.5. The minimum atomic E-state index is -0.400. The fourth-order valence-electron chi connectivity index (χ4n) is 3.40. The van der Waals surface area contributed by atoms with Crippen molar-refractivity contribution in [1.29, 1.82) is 0 Å². The van der Waals surface area contributed by atoms with Crippen LogP contribution in [0.4, 0.5) is 0 Å². The van der Waals surface area contributed by atoms with E-state index in [1.54, 1.807) is 24.3 Å². The van der Waals surface area contributed by atoms with Gasteiger partial charge in [-0.2, -0.15) is 5.10 Å². The van der Waals surface area contributed by atoms with Crippen LogP contribution in [0.5, 0.6) is 11.5 Å². The van der Waals surface area contributed by atoms with E-state index in [4.69, 9.17) is 11.6 Å². The molecule has 0 saturated carbocycles. The van der Waals surface area contributed by atoms with E-state index in [1.807, 2.05) is 43.3 Å². The van der Waals surface area contributed by atoms with Crippen LogP contribution in [0.1, 0.15) is 29.3 Å². The molecule has 0 saturated heterocycles. The number of aromatic hydroxyl groups is 2. The Kier molecular flexibility index (Phi) is 6.05. The van der Waals surface area contributed by atoms with Gasteiger partial charge in [0.15, 0.2) is 0 Å². The lowest BCUT2D eigenvalue weighted by atomic mass is 10.0. The third-order valence-corrected chi connectivity index (χ3v) is 5.27. The molecule has 0 aliphatic carbocycles. The highest BCUT2D eigenvalue weighted by Gasteiger charge is 2.15. The number of phenols is 2. The molecule has 1 amide bonds. The third kappa shape index (κ3) is 4.40. The van der Waals surface area contributed by atoms with E-state index in [-0.39, 0.29) is 11.5 Å². The first-order valence-corrected chi connectivity index (χ1v) is 10.4. The maximum atomic E-state index is 13.1. The summed E-state index contributed by atoms with van der Waals surface area (Å²) < 4.78 is 0. The van der Waals surface area contributed by atoms with Crippen LogP contribution in [0.2, 0.25) is 5.02 Å². The van der Waals surface area contributed by atoms with Crippen LogP contribution in [0.25, 0.3) is 22.2 Å². The van der Waals surface area contributed by atoms with Crippen LogP contribution in [-0.4, -0.2) is 26.8 Å². The van der Waals surface area contributed by atoms with Gasteiger partial charge in [-0.25, -0.2) is 10.4 Å². The average Bonchev–Trinajstić information content (AvgIpc) is 2.80. The molecule has 1 heterocycles. The highest BCUT2D eigenvalue weighted by molar-refractivity contribution is 6.30. The van der Waals surface area contributed by atoms with Crippen LogP contribution in [0.3, 0.4) is 0 Å². The second-order valence-electron chi connectivity index (χ2n) is 7.13. The van der Waals surface area contributed by atoms with Gasteiger partial charge in [0.25, 0.3) is 5.91 Å². The lowest BCUT2D eigenvalue weighted by Crippen LogP contribution is -2.20. The number of nitrogens with zero attached hydrogens (tertiary/aromatic N) is 2. The summed E-state index contributed by atoms with van der Waals surface area (Å²) in [6.45, 7) is 1.86. The Labute approximate surface area is 189 Å². The monoisotopic (exact) mass is 445 g/mol. The van der Waals surface area contributed by atoms with Gasteiger partial charge >= 0.3 is 0 Å². The van der Waals surface area contributed by atoms with Gasteiger partial charge in [0.1, 0.15) is 11.5 Å². The minimum absolute atomic E-state index is 0.0521. The molecule has 0 aliphatic heterocycles. The topological polar surface area (TPSA) is 94.8 Å². The maximum Gasteiger partial charge on any atom is 0.272 e. The number of aromatic nitrogens is 1. The Hall–Kier alpha value is -3.90. The molecule has 3 aromatic carbocycles. The number of nitrogens with one attached hydrogen (secondary N) is 1. The van der Waals surface area contributed by atoms with E-state index in [0.29, 0.717) is 44.9 Å². The van der Waals surface area contributed by atoms with E-state index >= 15 is 0 Å². The summed E-state index contributed by atoms with van der Waals surface area (Å²) in [6, 6.07) is 20.6. The molecule has 3 N–H and O–H groups in total. The molecule has 1 aromatic heterocycles. The maximum absolute atomic E-state index is 13.1. The first kappa shape index (κ1) is 21.3. The highest BCUT2D eigenvalue weighted by Crippen LogP contribution is 2.27. The fraction of sp³-hybridized carbons (Fsp3) is 0.0800. The standard InChI is InChI=1S/C25H20ClN3O3/c1-2-21(19-12-11-17(30)13-24(19)31)28-29-25(32)20-14-23(15-7-9-16(26)10-8-15)27-22-6-4-3-5-18(20)22/h3-14,30-31H,2H2,1H3,(H,29,32)/b28-21-. The molecule has 4 rings (SSSR count). The molecule has 0 spiro atoms. The summed E-state index contributed by atoms with van der Waals surface area (Å²) in [5, 5.41) is 25.2. The van der Waals surface area contributed by atoms with Crippen molar-refractivity contribution < 1.29 is 15.0 Å². The zero-order valence-electron chi connectivity index (χ0n) is 17.2. The molecular weight excluding hydrogens is 426 g/mol. The van der Waals surface area contributed by atoms with Crippen molar-refractivity contribution in [2.24, 2.45) is 5.10 Å². The van der Waals surface area contributed by atoms with Gasteiger partial charge in [-0.15, -0.1) is 0 Å². The number of amides is 1. The number of halogens is 1. The summed E-state index contributed by atoms with van der Waals surface area (Å²) >= 11 is 6.00. The van der Waals surface area contributed by atoms with Gasteiger partial charge < -0.3 is 10.2 Å². The summed E-state index contributed by atoms with van der Waals surface area (Å²) in [4.78, 5) is 17.8. The van der Waals surface area contributed by atoms with Crippen LogP contribution in [0.15, 0.2) is 77.9 Å². The minimum Gasteiger partial charge on any atom is -0.508 e. The van der Waals surface area contributed by atoms with E-state index in [2.05, 4.69) is 15.5 Å². The molecule has 7 heteroatoms. The van der Waals surface area contributed by atoms with Gasteiger partial charge in [0.2, 0.25) is 0 Å². The SMILES string of the molecule is CC/C(=N/NC(=O)c1cc(-c2ccc(Cl)cc2)nc2ccccc12)c1ccc(O)cc1O. The third-order valence-electron chi connectivity index (χ3n) is 5.02. The largest absolute Gasteiger partial charge is 0.508 e. The second-order valence-corrected chi connectivity index (χ2v) is 7.57. The number of benzene rings is 3. The summed E-state index contributed by atoms with van der Waals surface area (Å²) in [7, 11) is 0. The Morgan fingerprint density at radius 1 is 1.00 bits per heavy atom. The van der Waals surface area contributed by atoms with Crippen LogP contribution < -0.4 is 5.43 Å². The van der Waals surface area contributed by atoms with Crippen molar-refractivity contribution in [3.8, 4) is 22.8 Å². The smallest absolute Gasteiger partial charge is 0.272 e. The number of hydrogen-bond acceptors (Lipinski definition) is 5. The van der Waals surface area contributed by atoms with E-state index in [0.717, 1.165) is 5.56 Å². The number of carbonyl (C=O) groups is 1. The Morgan fingerprint density at radius 3 is 2.47 bits per heavy atom. The lowest BCUT2D eigenvalue weighted by molar-refractivity contribution is 0.0956. The lowest BCUT2D eigenvalue weighted by Gasteiger charge is -2.11. The molecular formula is C25H20ClN3O3. The molecule has 4 aromatic rings. The van der Waals surface area contributed by atoms with Gasteiger partial charge in [-0.1, -0.05) is 48.9 Å². The summed E-state index contributed by atoms with van der Waals surface area (Å²) in [5.74, 6) is -0.564. The molecule has 0 atom stereocenters. The summed E-state index contributed by atoms with van der Waals surface area (Å²) in [5.41, 5.74) is 6.09. The van der Waals surface area contributed by atoms with Gasteiger partial charge in [-0.3, -0.25) is 4.79 Å². The Morgan fingerprint density at radius 2 is 1.75 bits per heavy atom. The number of rotatable bonds is 5. The van der Waals surface area contributed by atoms with Crippen molar-refractivity contribution in [2.45, 2.75) is 13.3 Å². The van der Waals surface area contributed by atoms with Crippen molar-refractivity contribution >= 4 is 34.1 Å². The fourth-order valence-corrected chi connectivity index (χ4v) is 3.53. The predicted molar refractivity (Wildman–Crippen MR) is 126 cm³/mol. The zero-order valence-corrected chi connectivity index (χ0v) is 18.0. The van der Waals surface area contributed by atoms with Crippen LogP contribution in [0, 0.1) is 0 Å². The zero-order chi connectivity index (χ0) is 22.7. The van der Waals surface area contributed by atoms with Crippen LogP contribution >= 0.6 is 11.6 Å². The Bertz CT molecular complexity index is 1330. The van der Waals surface area contributed by atoms with Gasteiger partial charge in [-0.05, 0) is 42.8 Å². The van der Waals surface area contributed by atoms with E-state index < -0.39 is 5.91 Å². The molecule has 0 fully saturated rings. The number of hydrazone groups is 1. The first-order valence-electron chi connectivity index (χ1n) is 10.0. The molecule has 0 radical (unpaired) electrons. The average molecular weight is 446 g/mol. The van der Waals surface area contributed by atoms with Crippen LogP contribution in [-0.2, 0) is 0 Å². The number of para-hydroxylation sites is 1. The molecule has 0 bridgehead atoms. The van der Waals surface area contributed by atoms with E-state index in [9.17, 15) is 15.0 Å². The van der Waals surface area contributed by atoms with Crippen molar-refractivity contribution in [3.05, 3.63) is 88.9 Å². The molecule has 0 unspecified atom stereocenters. The molecule has 32 heavy (non-hydrogen) atoms. The summed E-state index contributed by atoms with van der Waals surface area (Å²) in [6.07, 6.45) is 0.464. The Balaban J connectivity index is 1.72. The molecule has 160 valence electrons. The van der Waals surface area contributed by atoms with E-state index in [1.165, 1.54) is 12.1 Å². The highest BCUT2D eigenvalue weighted by atomic mass is 35.5. The van der Waals surface area contributed by atoms with Gasteiger partial charge in [0.05, 0.1) is 22.5 Å². The van der Waals surface area contributed by atoms with Crippen molar-refractivity contribution in [3.63, 3.8) is 0 Å². The van der Waals surface area contributed by atoms with Crippen molar-refractivity contribution in [2.75, 3.05) is 0 Å². The van der Waals surface area contributed by atoms with Crippen molar-refractivity contribution in [1.82, 2.24) is 10.4 Å². The quantitative estimate of drug-likeness (QED) is 0.279. The van der Waals surface area contributed by atoms with Gasteiger partial charge in [0, 0.05) is 27.6 Å². The number of carbonyl (C=O) groups excluding carboxylic acids is 1. The number of hydrogen-bond donors (Lipinski definition) is 3. The second kappa shape index (κ2) is 9.08. The number of pyridine rings is 1. The number of phenolic OH excluding ortho intramolecular Hbond substituents is 2. The first-order chi connectivity index (χ1) is 15.5. The molecule has 6 nitrogen and oxygen atoms in total.